The van der Waals surface area contributed by atoms with Crippen LogP contribution in [0.4, 0.5) is 13.6 Å². The highest BCUT2D eigenvalue weighted by Gasteiger charge is 2.35. The second-order valence-electron chi connectivity index (χ2n) is 5.88. The van der Waals surface area contributed by atoms with Gasteiger partial charge in [0.1, 0.15) is 6.61 Å². The number of ether oxygens (including phenoxy) is 1. The predicted molar refractivity (Wildman–Crippen MR) is 80.8 cm³/mol. The van der Waals surface area contributed by atoms with E-state index in [1.807, 2.05) is 37.3 Å². The van der Waals surface area contributed by atoms with Crippen LogP contribution in [0.5, 0.6) is 0 Å². The first-order valence-electron chi connectivity index (χ1n) is 7.83. The van der Waals surface area contributed by atoms with Crippen molar-refractivity contribution in [1.29, 1.82) is 0 Å². The summed E-state index contributed by atoms with van der Waals surface area (Å²) in [7, 11) is 0. The fourth-order valence-corrected chi connectivity index (χ4v) is 2.74. The summed E-state index contributed by atoms with van der Waals surface area (Å²) in [6.45, 7) is 3.14. The summed E-state index contributed by atoms with van der Waals surface area (Å²) in [6, 6.07) is 9.48. The molecule has 0 atom stereocenters. The Balaban J connectivity index is 1.79. The maximum Gasteiger partial charge on any atom is 0.410 e. The number of carbonyl (C=O) groups is 1. The van der Waals surface area contributed by atoms with Crippen LogP contribution < -0.4 is 0 Å². The van der Waals surface area contributed by atoms with Gasteiger partial charge in [-0.1, -0.05) is 30.3 Å². The van der Waals surface area contributed by atoms with Crippen molar-refractivity contribution < 1.29 is 18.3 Å². The van der Waals surface area contributed by atoms with Gasteiger partial charge in [0.05, 0.1) is 0 Å². The lowest BCUT2D eigenvalue weighted by molar-refractivity contribution is -0.0484. The average Bonchev–Trinajstić information content (AvgIpc) is 2.52. The second-order valence-corrected chi connectivity index (χ2v) is 5.88. The van der Waals surface area contributed by atoms with Gasteiger partial charge >= 0.3 is 6.09 Å². The van der Waals surface area contributed by atoms with Gasteiger partial charge in [0.25, 0.3) is 0 Å². The van der Waals surface area contributed by atoms with Crippen LogP contribution in [0.3, 0.4) is 0 Å². The van der Waals surface area contributed by atoms with Gasteiger partial charge in [0, 0.05) is 25.9 Å². The van der Waals surface area contributed by atoms with E-state index in [4.69, 9.17) is 4.74 Å². The molecular formula is C17H23F2NO2. The van der Waals surface area contributed by atoms with E-state index in [-0.39, 0.29) is 31.5 Å². The summed E-state index contributed by atoms with van der Waals surface area (Å²) >= 11 is 0. The Morgan fingerprint density at radius 2 is 1.91 bits per heavy atom. The van der Waals surface area contributed by atoms with E-state index in [2.05, 4.69) is 0 Å². The third kappa shape index (κ3) is 4.97. The predicted octanol–water partition coefficient (Wildman–Crippen LogP) is 4.47. The van der Waals surface area contributed by atoms with Crippen molar-refractivity contribution in [2.75, 3.05) is 13.1 Å². The van der Waals surface area contributed by atoms with E-state index in [1.54, 1.807) is 4.90 Å². The SMILES string of the molecule is CCN(CC1CCC(F)(F)CC1)C(=O)OCc1ccccc1. The molecule has 1 aromatic carbocycles. The largest absolute Gasteiger partial charge is 0.445 e. The molecule has 0 radical (unpaired) electrons. The number of hydrogen-bond donors (Lipinski definition) is 0. The molecule has 3 nitrogen and oxygen atoms in total. The van der Waals surface area contributed by atoms with Gasteiger partial charge in [-0.05, 0) is 31.2 Å². The van der Waals surface area contributed by atoms with Crippen LogP contribution in [0, 0.1) is 5.92 Å². The zero-order valence-corrected chi connectivity index (χ0v) is 12.9. The summed E-state index contributed by atoms with van der Waals surface area (Å²) in [5.41, 5.74) is 0.934. The Hall–Kier alpha value is -1.65. The van der Waals surface area contributed by atoms with Crippen molar-refractivity contribution in [2.45, 2.75) is 45.1 Å². The number of nitrogens with zero attached hydrogens (tertiary/aromatic N) is 1. The van der Waals surface area contributed by atoms with Gasteiger partial charge in [-0.2, -0.15) is 0 Å². The molecule has 0 spiro atoms. The maximum atomic E-state index is 13.2. The molecule has 1 fully saturated rings. The maximum absolute atomic E-state index is 13.2. The summed E-state index contributed by atoms with van der Waals surface area (Å²) in [5.74, 6) is -2.38. The average molecular weight is 311 g/mol. The minimum absolute atomic E-state index is 0.0751. The molecule has 1 aromatic rings. The molecule has 0 aliphatic heterocycles. The van der Waals surface area contributed by atoms with Crippen molar-refractivity contribution in [1.82, 2.24) is 4.90 Å². The summed E-state index contributed by atoms with van der Waals surface area (Å²) < 4.78 is 31.6. The van der Waals surface area contributed by atoms with Gasteiger partial charge in [0.2, 0.25) is 5.92 Å². The fourth-order valence-electron chi connectivity index (χ4n) is 2.74. The molecule has 0 heterocycles. The van der Waals surface area contributed by atoms with Crippen LogP contribution >= 0.6 is 0 Å². The Morgan fingerprint density at radius 3 is 2.50 bits per heavy atom. The highest BCUT2D eigenvalue weighted by Crippen LogP contribution is 2.36. The number of rotatable bonds is 5. The lowest BCUT2D eigenvalue weighted by atomic mass is 9.86. The standard InChI is InChI=1S/C17H23F2NO2/c1-2-20(12-14-8-10-17(18,19)11-9-14)16(21)22-13-15-6-4-3-5-7-15/h3-7,14H,2,8-13H2,1H3. The van der Waals surface area contributed by atoms with Gasteiger partial charge in [-0.25, -0.2) is 13.6 Å². The van der Waals surface area contributed by atoms with Crippen molar-refractivity contribution in [3.63, 3.8) is 0 Å². The van der Waals surface area contributed by atoms with Gasteiger partial charge in [0.15, 0.2) is 0 Å². The lowest BCUT2D eigenvalue weighted by Gasteiger charge is -2.31. The normalized spacial score (nSPS) is 18.0. The molecule has 22 heavy (non-hydrogen) atoms. The van der Waals surface area contributed by atoms with E-state index in [0.29, 0.717) is 25.9 Å². The molecule has 0 aromatic heterocycles. The Morgan fingerprint density at radius 1 is 1.27 bits per heavy atom. The molecule has 5 heteroatoms. The van der Waals surface area contributed by atoms with Gasteiger partial charge < -0.3 is 9.64 Å². The summed E-state index contributed by atoms with van der Waals surface area (Å²) in [6.07, 6.45) is 0.414. The fraction of sp³-hybridized carbons (Fsp3) is 0.588. The lowest BCUT2D eigenvalue weighted by Crippen LogP contribution is -2.38. The van der Waals surface area contributed by atoms with E-state index < -0.39 is 5.92 Å². The van der Waals surface area contributed by atoms with Gasteiger partial charge in [-0.15, -0.1) is 0 Å². The highest BCUT2D eigenvalue weighted by atomic mass is 19.3. The Bertz CT molecular complexity index is 469. The number of benzene rings is 1. The molecule has 122 valence electrons. The number of alkyl halides is 2. The molecule has 0 N–H and O–H groups in total. The van der Waals surface area contributed by atoms with Crippen LogP contribution in [-0.4, -0.2) is 30.0 Å². The number of halogens is 2. The second kappa shape index (κ2) is 7.56. The summed E-state index contributed by atoms with van der Waals surface area (Å²) in [4.78, 5) is 13.7. The summed E-state index contributed by atoms with van der Waals surface area (Å²) in [5, 5.41) is 0. The van der Waals surface area contributed by atoms with Crippen LogP contribution in [0.2, 0.25) is 0 Å². The van der Waals surface area contributed by atoms with Crippen LogP contribution in [0.1, 0.15) is 38.2 Å². The van der Waals surface area contributed by atoms with E-state index >= 15 is 0 Å². The first kappa shape index (κ1) is 16.7. The molecule has 1 saturated carbocycles. The van der Waals surface area contributed by atoms with Crippen molar-refractivity contribution in [3.05, 3.63) is 35.9 Å². The smallest absolute Gasteiger partial charge is 0.410 e. The van der Waals surface area contributed by atoms with Crippen molar-refractivity contribution in [3.8, 4) is 0 Å². The quantitative estimate of drug-likeness (QED) is 0.803. The number of carbonyl (C=O) groups excluding carboxylic acids is 1. The molecule has 1 aliphatic carbocycles. The van der Waals surface area contributed by atoms with E-state index in [1.165, 1.54) is 0 Å². The third-order valence-corrected chi connectivity index (χ3v) is 4.16. The first-order valence-corrected chi connectivity index (χ1v) is 7.83. The zero-order valence-electron chi connectivity index (χ0n) is 12.9. The monoisotopic (exact) mass is 311 g/mol. The zero-order chi connectivity index (χ0) is 16.0. The molecule has 0 saturated heterocycles. The topological polar surface area (TPSA) is 29.5 Å². The Kier molecular flexibility index (Phi) is 5.75. The van der Waals surface area contributed by atoms with Crippen molar-refractivity contribution >= 4 is 6.09 Å². The first-order chi connectivity index (χ1) is 10.5. The minimum Gasteiger partial charge on any atom is -0.445 e. The molecule has 1 amide bonds. The van der Waals surface area contributed by atoms with Gasteiger partial charge in [-0.3, -0.25) is 0 Å². The molecule has 1 aliphatic rings. The molecule has 0 unspecified atom stereocenters. The third-order valence-electron chi connectivity index (χ3n) is 4.16. The van der Waals surface area contributed by atoms with Crippen LogP contribution in [-0.2, 0) is 11.3 Å². The molecule has 2 rings (SSSR count). The van der Waals surface area contributed by atoms with Crippen LogP contribution in [0.25, 0.3) is 0 Å². The van der Waals surface area contributed by atoms with E-state index in [0.717, 1.165) is 5.56 Å². The van der Waals surface area contributed by atoms with Crippen LogP contribution in [0.15, 0.2) is 30.3 Å². The molecule has 0 bridgehead atoms. The number of amides is 1. The highest BCUT2D eigenvalue weighted by molar-refractivity contribution is 5.67. The number of hydrogen-bond acceptors (Lipinski definition) is 2. The Labute approximate surface area is 130 Å². The molecular weight excluding hydrogens is 288 g/mol. The van der Waals surface area contributed by atoms with Crippen molar-refractivity contribution in [2.24, 2.45) is 5.92 Å². The van der Waals surface area contributed by atoms with E-state index in [9.17, 15) is 13.6 Å². The minimum atomic E-state index is -2.53.